The highest BCUT2D eigenvalue weighted by molar-refractivity contribution is 7.80. The standard InChI is InChI=1S/C28H24ClN5O4S/c1-38-16-24(35)31-21-11-10-19(15-20(21)29)34-26(25(32-28(34)39)22-8-2-3-12-30-22)23-9-5-13-33(23)18-7-4-6-17(14-18)27(36)37/h2-15,25-26H,16H2,1H3,(H,31,35)(H,32,39)(H,36,37)/t25-,26-/m0/s1. The summed E-state index contributed by atoms with van der Waals surface area (Å²) in [6, 6.07) is 20.9. The van der Waals surface area contributed by atoms with Crippen LogP contribution < -0.4 is 15.5 Å². The van der Waals surface area contributed by atoms with Gasteiger partial charge in [0.1, 0.15) is 12.6 Å². The lowest BCUT2D eigenvalue weighted by molar-refractivity contribution is -0.119. The average molecular weight is 562 g/mol. The summed E-state index contributed by atoms with van der Waals surface area (Å²) in [5.74, 6) is -1.32. The number of anilines is 2. The summed E-state index contributed by atoms with van der Waals surface area (Å²) in [7, 11) is 1.44. The van der Waals surface area contributed by atoms with Crippen LogP contribution in [-0.2, 0) is 9.53 Å². The van der Waals surface area contributed by atoms with Gasteiger partial charge in [0.15, 0.2) is 5.11 Å². The quantitative estimate of drug-likeness (QED) is 0.258. The van der Waals surface area contributed by atoms with E-state index in [-0.39, 0.29) is 30.2 Å². The number of pyridine rings is 1. The first-order valence-electron chi connectivity index (χ1n) is 12.0. The third-order valence-electron chi connectivity index (χ3n) is 6.33. The molecule has 0 aliphatic carbocycles. The molecule has 2 aromatic carbocycles. The Morgan fingerprint density at radius 2 is 1.95 bits per heavy atom. The minimum atomic E-state index is -1.01. The van der Waals surface area contributed by atoms with Gasteiger partial charge in [0.2, 0.25) is 5.91 Å². The van der Waals surface area contributed by atoms with Gasteiger partial charge in [-0.15, -0.1) is 0 Å². The smallest absolute Gasteiger partial charge is 0.335 e. The predicted octanol–water partition coefficient (Wildman–Crippen LogP) is 4.99. The Balaban J connectivity index is 1.60. The SMILES string of the molecule is COCC(=O)Nc1ccc(N2C(=S)N[C@@H](c3ccccn3)[C@@H]2c2cccn2-c2cccc(C(=O)O)c2)cc1Cl. The summed E-state index contributed by atoms with van der Waals surface area (Å²) >= 11 is 12.4. The number of amides is 1. The highest BCUT2D eigenvalue weighted by Crippen LogP contribution is 2.43. The number of carbonyl (C=O) groups is 2. The normalized spacial score (nSPS) is 16.7. The number of aromatic nitrogens is 2. The topological polar surface area (TPSA) is 109 Å². The summed E-state index contributed by atoms with van der Waals surface area (Å²) in [5.41, 5.74) is 3.68. The minimum absolute atomic E-state index is 0.0912. The van der Waals surface area contributed by atoms with Gasteiger partial charge in [-0.2, -0.15) is 0 Å². The van der Waals surface area contributed by atoms with Gasteiger partial charge in [0.05, 0.1) is 28.0 Å². The number of ether oxygens (including phenoxy) is 1. The summed E-state index contributed by atoms with van der Waals surface area (Å²) in [5, 5.41) is 16.5. The fourth-order valence-electron chi connectivity index (χ4n) is 4.67. The van der Waals surface area contributed by atoms with E-state index in [9.17, 15) is 14.7 Å². The van der Waals surface area contributed by atoms with Crippen LogP contribution in [0.25, 0.3) is 5.69 Å². The van der Waals surface area contributed by atoms with E-state index < -0.39 is 5.97 Å². The zero-order chi connectivity index (χ0) is 27.5. The summed E-state index contributed by atoms with van der Waals surface area (Å²) in [6.45, 7) is -0.0912. The number of hydrogen-bond acceptors (Lipinski definition) is 5. The van der Waals surface area contributed by atoms with Crippen molar-refractivity contribution in [2.45, 2.75) is 12.1 Å². The Hall–Kier alpha value is -4.25. The molecule has 5 rings (SSSR count). The van der Waals surface area contributed by atoms with Crippen LogP contribution in [0.1, 0.15) is 33.8 Å². The first-order chi connectivity index (χ1) is 18.9. The second-order valence-electron chi connectivity index (χ2n) is 8.80. The molecule has 4 aromatic rings. The van der Waals surface area contributed by atoms with E-state index in [4.69, 9.17) is 28.6 Å². The van der Waals surface area contributed by atoms with Crippen molar-refractivity contribution in [3.63, 3.8) is 0 Å². The Kier molecular flexibility index (Phi) is 7.60. The maximum absolute atomic E-state index is 12.0. The number of carboxylic acid groups (broad SMARTS) is 1. The number of methoxy groups -OCH3 is 1. The van der Waals surface area contributed by atoms with E-state index in [1.54, 1.807) is 36.5 Å². The molecule has 0 radical (unpaired) electrons. The van der Waals surface area contributed by atoms with Crippen molar-refractivity contribution in [1.82, 2.24) is 14.9 Å². The number of nitrogens with one attached hydrogen (secondary N) is 2. The summed E-state index contributed by atoms with van der Waals surface area (Å²) < 4.78 is 6.82. The van der Waals surface area contributed by atoms with Crippen molar-refractivity contribution in [2.75, 3.05) is 23.9 Å². The highest BCUT2D eigenvalue weighted by atomic mass is 35.5. The van der Waals surface area contributed by atoms with Crippen LogP contribution in [0, 0.1) is 0 Å². The largest absolute Gasteiger partial charge is 0.478 e. The lowest BCUT2D eigenvalue weighted by Crippen LogP contribution is -2.30. The lowest BCUT2D eigenvalue weighted by atomic mass is 10.0. The number of hydrogen-bond donors (Lipinski definition) is 3. The van der Waals surface area contributed by atoms with Crippen molar-refractivity contribution in [3.05, 3.63) is 107 Å². The van der Waals surface area contributed by atoms with Crippen molar-refractivity contribution < 1.29 is 19.4 Å². The monoisotopic (exact) mass is 561 g/mol. The van der Waals surface area contributed by atoms with Crippen molar-refractivity contribution >= 4 is 52.2 Å². The van der Waals surface area contributed by atoms with E-state index in [0.29, 0.717) is 27.2 Å². The van der Waals surface area contributed by atoms with Gasteiger partial charge in [-0.05, 0) is 72.9 Å². The maximum atomic E-state index is 12.0. The fourth-order valence-corrected chi connectivity index (χ4v) is 5.23. The molecule has 0 spiro atoms. The number of halogens is 1. The molecule has 1 saturated heterocycles. The fraction of sp³-hybridized carbons (Fsp3) is 0.143. The average Bonchev–Trinajstić information content (AvgIpc) is 3.55. The van der Waals surface area contributed by atoms with E-state index >= 15 is 0 Å². The van der Waals surface area contributed by atoms with Crippen molar-refractivity contribution in [3.8, 4) is 5.69 Å². The predicted molar refractivity (Wildman–Crippen MR) is 153 cm³/mol. The van der Waals surface area contributed by atoms with E-state index in [2.05, 4.69) is 15.6 Å². The Morgan fingerprint density at radius 1 is 1.10 bits per heavy atom. The van der Waals surface area contributed by atoms with Gasteiger partial charge < -0.3 is 29.9 Å². The molecule has 2 aromatic heterocycles. The summed E-state index contributed by atoms with van der Waals surface area (Å²) in [4.78, 5) is 30.2. The van der Waals surface area contributed by atoms with Crippen LogP contribution in [0.5, 0.6) is 0 Å². The molecule has 3 heterocycles. The molecule has 9 nitrogen and oxygen atoms in total. The van der Waals surface area contributed by atoms with Crippen LogP contribution in [0.4, 0.5) is 11.4 Å². The molecule has 1 fully saturated rings. The second kappa shape index (κ2) is 11.2. The Labute approximate surface area is 235 Å². The first kappa shape index (κ1) is 26.4. The number of nitrogens with zero attached hydrogens (tertiary/aromatic N) is 3. The lowest BCUT2D eigenvalue weighted by Gasteiger charge is -2.29. The molecule has 3 N–H and O–H groups in total. The number of carboxylic acids is 1. The van der Waals surface area contributed by atoms with Gasteiger partial charge in [-0.3, -0.25) is 9.78 Å². The third kappa shape index (κ3) is 5.35. The number of rotatable bonds is 8. The van der Waals surface area contributed by atoms with E-state index in [1.807, 2.05) is 58.1 Å². The third-order valence-corrected chi connectivity index (χ3v) is 6.96. The molecule has 1 aliphatic rings. The molecule has 1 amide bonds. The first-order valence-corrected chi connectivity index (χ1v) is 12.8. The van der Waals surface area contributed by atoms with Crippen LogP contribution >= 0.6 is 23.8 Å². The Morgan fingerprint density at radius 3 is 2.67 bits per heavy atom. The molecule has 0 unspecified atom stereocenters. The molecular formula is C28H24ClN5O4S. The molecule has 0 bridgehead atoms. The minimum Gasteiger partial charge on any atom is -0.478 e. The number of aromatic carboxylic acids is 1. The van der Waals surface area contributed by atoms with Crippen LogP contribution in [0.15, 0.2) is 85.2 Å². The van der Waals surface area contributed by atoms with E-state index in [1.165, 1.54) is 7.11 Å². The number of thiocarbonyl (C=S) groups is 1. The number of benzene rings is 2. The van der Waals surface area contributed by atoms with Gasteiger partial charge in [0.25, 0.3) is 0 Å². The van der Waals surface area contributed by atoms with Gasteiger partial charge in [0, 0.05) is 36.6 Å². The molecule has 39 heavy (non-hydrogen) atoms. The zero-order valence-corrected chi connectivity index (χ0v) is 22.3. The molecule has 2 atom stereocenters. The maximum Gasteiger partial charge on any atom is 0.335 e. The molecule has 0 saturated carbocycles. The van der Waals surface area contributed by atoms with Crippen molar-refractivity contribution in [1.29, 1.82) is 0 Å². The summed E-state index contributed by atoms with van der Waals surface area (Å²) in [6.07, 6.45) is 3.61. The molecular weight excluding hydrogens is 538 g/mol. The molecule has 1 aliphatic heterocycles. The van der Waals surface area contributed by atoms with E-state index in [0.717, 1.165) is 11.4 Å². The second-order valence-corrected chi connectivity index (χ2v) is 9.59. The van der Waals surface area contributed by atoms with Gasteiger partial charge in [-0.1, -0.05) is 23.7 Å². The number of carbonyl (C=O) groups excluding carboxylic acids is 1. The molecule has 11 heteroatoms. The zero-order valence-electron chi connectivity index (χ0n) is 20.7. The van der Waals surface area contributed by atoms with Crippen LogP contribution in [0.2, 0.25) is 5.02 Å². The van der Waals surface area contributed by atoms with Gasteiger partial charge >= 0.3 is 5.97 Å². The van der Waals surface area contributed by atoms with Crippen LogP contribution in [-0.4, -0.2) is 45.4 Å². The van der Waals surface area contributed by atoms with Crippen molar-refractivity contribution in [2.24, 2.45) is 0 Å². The molecule has 198 valence electrons. The van der Waals surface area contributed by atoms with Crippen LogP contribution in [0.3, 0.4) is 0 Å². The Bertz CT molecular complexity index is 1540. The highest BCUT2D eigenvalue weighted by Gasteiger charge is 2.42. The van der Waals surface area contributed by atoms with Gasteiger partial charge in [-0.25, -0.2) is 4.79 Å².